The van der Waals surface area contributed by atoms with E-state index in [1.165, 1.54) is 23.0 Å². The first-order valence-corrected chi connectivity index (χ1v) is 12.4. The Kier molecular flexibility index (Phi) is 6.01. The number of nitrogens with one attached hydrogen (secondary N) is 2. The van der Waals surface area contributed by atoms with Crippen LogP contribution in [0.25, 0.3) is 0 Å². The number of hydrogen-bond acceptors (Lipinski definition) is 2. The molecule has 1 fully saturated rings. The fraction of sp³-hybridized carbons (Fsp3) is 0.440. The summed E-state index contributed by atoms with van der Waals surface area (Å²) in [5.74, 6) is 1.03. The van der Waals surface area contributed by atoms with Crippen molar-refractivity contribution >= 4 is 25.8 Å². The summed E-state index contributed by atoms with van der Waals surface area (Å²) >= 11 is 0. The molecule has 1 saturated heterocycles. The van der Waals surface area contributed by atoms with Crippen LogP contribution in [0.1, 0.15) is 75.6 Å². The predicted molar refractivity (Wildman–Crippen MR) is 129 cm³/mol. The Morgan fingerprint density at radius 3 is 2.00 bits per heavy atom. The summed E-state index contributed by atoms with van der Waals surface area (Å²) in [6.45, 7) is 15.7. The Morgan fingerprint density at radius 2 is 1.55 bits per heavy atom. The van der Waals surface area contributed by atoms with E-state index in [1.807, 2.05) is 6.07 Å². The molecule has 0 aromatic heterocycles. The van der Waals surface area contributed by atoms with Crippen LogP contribution < -0.4 is 4.90 Å². The van der Waals surface area contributed by atoms with Gasteiger partial charge in [0, 0.05) is 10.7 Å². The lowest BCUT2D eigenvalue weighted by Gasteiger charge is -2.30. The van der Waals surface area contributed by atoms with Crippen LogP contribution in [0.2, 0.25) is 0 Å². The molecule has 0 radical (unpaired) electrons. The van der Waals surface area contributed by atoms with Crippen LogP contribution in [0, 0.1) is 10.8 Å². The number of amidine groups is 1. The second-order valence-corrected chi connectivity index (χ2v) is 11.8. The monoisotopic (exact) mass is 407 g/mol. The summed E-state index contributed by atoms with van der Waals surface area (Å²) in [7, 11) is -0.0774. The van der Waals surface area contributed by atoms with Gasteiger partial charge in [0.25, 0.3) is 0 Å². The number of rotatable bonds is 6. The van der Waals surface area contributed by atoms with E-state index >= 15 is 0 Å². The SMILES string of the molecule is CC(C)c1cccc(C(C)C)c1N(C=N)C(=N)c1ccccc1C1(C)[C@@H](C)P1C. The third-order valence-corrected chi connectivity index (χ3v) is 10.2. The van der Waals surface area contributed by atoms with Crippen LogP contribution in [0.15, 0.2) is 42.5 Å². The summed E-state index contributed by atoms with van der Waals surface area (Å²) in [5.41, 5.74) is 6.24. The molecule has 0 amide bonds. The molecule has 2 aromatic rings. The smallest absolute Gasteiger partial charge is 0.138 e. The van der Waals surface area contributed by atoms with Gasteiger partial charge in [0.05, 0.1) is 12.0 Å². The largest absolute Gasteiger partial charge is 0.291 e. The van der Waals surface area contributed by atoms with Crippen molar-refractivity contribution in [2.75, 3.05) is 11.6 Å². The Hall–Kier alpha value is -1.99. The molecule has 2 N–H and O–H groups in total. The third kappa shape index (κ3) is 3.55. The highest BCUT2D eigenvalue weighted by Crippen LogP contribution is 2.78. The maximum Gasteiger partial charge on any atom is 0.138 e. The van der Waals surface area contributed by atoms with E-state index in [9.17, 15) is 0 Å². The second-order valence-electron chi connectivity index (χ2n) is 8.92. The quantitative estimate of drug-likeness (QED) is 0.299. The fourth-order valence-corrected chi connectivity index (χ4v) is 7.00. The Bertz CT molecular complexity index is 897. The number of benzene rings is 2. The predicted octanol–water partition coefficient (Wildman–Crippen LogP) is 7.10. The van der Waals surface area contributed by atoms with Crippen molar-refractivity contribution in [2.45, 2.75) is 64.2 Å². The van der Waals surface area contributed by atoms with Crippen molar-refractivity contribution in [1.29, 1.82) is 10.8 Å². The van der Waals surface area contributed by atoms with Gasteiger partial charge in [-0.05, 0) is 40.8 Å². The van der Waals surface area contributed by atoms with Crippen molar-refractivity contribution in [2.24, 2.45) is 0 Å². The van der Waals surface area contributed by atoms with Gasteiger partial charge < -0.3 is 0 Å². The average molecular weight is 408 g/mol. The number of nitrogens with zero attached hydrogens (tertiary/aromatic N) is 1. The van der Waals surface area contributed by atoms with E-state index in [0.29, 0.717) is 23.3 Å². The van der Waals surface area contributed by atoms with Crippen molar-refractivity contribution in [3.63, 3.8) is 0 Å². The van der Waals surface area contributed by atoms with Crippen molar-refractivity contribution < 1.29 is 0 Å². The third-order valence-electron chi connectivity index (χ3n) is 6.74. The van der Waals surface area contributed by atoms with E-state index in [4.69, 9.17) is 10.8 Å². The minimum atomic E-state index is -0.0774. The van der Waals surface area contributed by atoms with Crippen LogP contribution in [0.5, 0.6) is 0 Å². The zero-order valence-electron chi connectivity index (χ0n) is 18.7. The summed E-state index contributed by atoms with van der Waals surface area (Å²) in [6.07, 6.45) is 1.32. The molecule has 2 unspecified atom stereocenters. The molecule has 0 saturated carbocycles. The molecule has 1 heterocycles. The number of hydrogen-bond donors (Lipinski definition) is 2. The molecule has 0 spiro atoms. The van der Waals surface area contributed by atoms with Crippen LogP contribution in [-0.2, 0) is 5.16 Å². The minimum Gasteiger partial charge on any atom is -0.291 e. The maximum absolute atomic E-state index is 9.16. The van der Waals surface area contributed by atoms with Crippen LogP contribution in [0.4, 0.5) is 5.69 Å². The topological polar surface area (TPSA) is 50.9 Å². The molecule has 4 heteroatoms. The highest BCUT2D eigenvalue weighted by molar-refractivity contribution is 7.67. The van der Waals surface area contributed by atoms with Gasteiger partial charge in [0.2, 0.25) is 0 Å². The standard InChI is InChI=1S/C25H34N3P/c1-16(2)19-12-10-13-20(17(3)4)23(19)28(15-26)24(27)21-11-8-9-14-22(21)25(6)18(5)29(25)7/h8-18,26-27H,1-7H3/t18-,25?,29?/m1/s1. The van der Waals surface area contributed by atoms with E-state index in [0.717, 1.165) is 11.3 Å². The molecule has 3 rings (SSSR count). The van der Waals surface area contributed by atoms with Gasteiger partial charge in [-0.3, -0.25) is 15.7 Å². The van der Waals surface area contributed by atoms with Gasteiger partial charge in [-0.25, -0.2) is 0 Å². The second kappa shape index (κ2) is 8.03. The van der Waals surface area contributed by atoms with Crippen LogP contribution >= 0.6 is 7.92 Å². The van der Waals surface area contributed by atoms with Gasteiger partial charge in [0.1, 0.15) is 5.84 Å². The number of anilines is 1. The van der Waals surface area contributed by atoms with E-state index in [2.05, 4.69) is 84.6 Å². The van der Waals surface area contributed by atoms with Gasteiger partial charge in [-0.2, -0.15) is 0 Å². The van der Waals surface area contributed by atoms with Crippen molar-refractivity contribution in [1.82, 2.24) is 0 Å². The van der Waals surface area contributed by atoms with Gasteiger partial charge >= 0.3 is 0 Å². The molecule has 2 aromatic carbocycles. The molecule has 1 aliphatic heterocycles. The van der Waals surface area contributed by atoms with Crippen LogP contribution in [-0.4, -0.2) is 24.5 Å². The lowest BCUT2D eigenvalue weighted by molar-refractivity contribution is 0.780. The summed E-state index contributed by atoms with van der Waals surface area (Å²) < 4.78 is 0. The van der Waals surface area contributed by atoms with Gasteiger partial charge in [0.15, 0.2) is 0 Å². The molecule has 0 aliphatic carbocycles. The lowest BCUT2D eigenvalue weighted by Crippen LogP contribution is -2.33. The molecule has 0 bridgehead atoms. The van der Waals surface area contributed by atoms with Gasteiger partial charge in [-0.15, -0.1) is 0 Å². The molecule has 154 valence electrons. The fourth-order valence-electron chi connectivity index (χ4n) is 4.45. The molecule has 1 aliphatic rings. The zero-order valence-corrected chi connectivity index (χ0v) is 19.6. The summed E-state index contributed by atoms with van der Waals surface area (Å²) in [5, 5.41) is 17.6. The average Bonchev–Trinajstić information content (AvgIpc) is 3.20. The highest BCUT2D eigenvalue weighted by atomic mass is 31.1. The summed E-state index contributed by atoms with van der Waals surface area (Å²) in [4.78, 5) is 1.79. The number of para-hydroxylation sites is 1. The molecular weight excluding hydrogens is 373 g/mol. The van der Waals surface area contributed by atoms with Crippen molar-refractivity contribution in [3.05, 3.63) is 64.7 Å². The molecular formula is C25H34N3P. The molecule has 3 atom stereocenters. The Labute approximate surface area is 177 Å². The lowest BCUT2D eigenvalue weighted by atomic mass is 9.90. The Balaban J connectivity index is 2.16. The Morgan fingerprint density at radius 1 is 1.03 bits per heavy atom. The maximum atomic E-state index is 9.16. The zero-order chi connectivity index (χ0) is 21.5. The van der Waals surface area contributed by atoms with E-state index in [-0.39, 0.29) is 13.1 Å². The normalized spacial score (nSPS) is 23.3. The first-order chi connectivity index (χ1) is 13.7. The highest BCUT2D eigenvalue weighted by Gasteiger charge is 2.57. The van der Waals surface area contributed by atoms with E-state index < -0.39 is 0 Å². The summed E-state index contributed by atoms with van der Waals surface area (Å²) in [6, 6.07) is 14.7. The minimum absolute atomic E-state index is 0.0774. The van der Waals surface area contributed by atoms with Gasteiger partial charge in [-0.1, -0.05) is 91.9 Å². The van der Waals surface area contributed by atoms with Crippen molar-refractivity contribution in [3.8, 4) is 0 Å². The first-order valence-electron chi connectivity index (χ1n) is 10.5. The van der Waals surface area contributed by atoms with E-state index in [1.54, 1.807) is 4.90 Å². The van der Waals surface area contributed by atoms with Crippen LogP contribution in [0.3, 0.4) is 0 Å². The first kappa shape index (κ1) is 21.7. The molecule has 29 heavy (non-hydrogen) atoms. The molecule has 3 nitrogen and oxygen atoms in total.